The van der Waals surface area contributed by atoms with Crippen LogP contribution in [0.15, 0.2) is 18.6 Å². The molecule has 0 unspecified atom stereocenters. The van der Waals surface area contributed by atoms with Gasteiger partial charge in [-0.05, 0) is 6.92 Å². The van der Waals surface area contributed by atoms with E-state index in [1.54, 1.807) is 6.20 Å². The number of halogens is 3. The summed E-state index contributed by atoms with van der Waals surface area (Å²) in [6.07, 6.45) is 4.84. The third kappa shape index (κ3) is 3.29. The first-order valence-corrected chi connectivity index (χ1v) is 8.41. The minimum atomic E-state index is -2.72. The first-order valence-electron chi connectivity index (χ1n) is 8.03. The van der Waals surface area contributed by atoms with Crippen molar-refractivity contribution in [1.82, 2.24) is 30.0 Å². The summed E-state index contributed by atoms with van der Waals surface area (Å²) in [7, 11) is 0. The highest BCUT2D eigenvalue weighted by Crippen LogP contribution is 2.32. The highest BCUT2D eigenvalue weighted by molar-refractivity contribution is 6.35. The second-order valence-electron chi connectivity index (χ2n) is 6.11. The summed E-state index contributed by atoms with van der Waals surface area (Å²) in [5.74, 6) is 0.532. The maximum Gasteiger partial charge on any atom is 0.333 e. The molecule has 4 rings (SSSR count). The van der Waals surface area contributed by atoms with E-state index >= 15 is 0 Å². The van der Waals surface area contributed by atoms with E-state index in [0.29, 0.717) is 44.9 Å². The highest BCUT2D eigenvalue weighted by Gasteiger charge is 2.25. The van der Waals surface area contributed by atoms with Crippen LogP contribution in [0.2, 0.25) is 5.02 Å². The van der Waals surface area contributed by atoms with E-state index in [4.69, 9.17) is 16.3 Å². The summed E-state index contributed by atoms with van der Waals surface area (Å²) in [5, 5.41) is 10.8. The number of hydrogen-bond donors (Lipinski definition) is 3. The van der Waals surface area contributed by atoms with Crippen molar-refractivity contribution >= 4 is 34.3 Å². The maximum atomic E-state index is 12.6. The Bertz CT molecular complexity index is 928. The molecule has 0 radical (unpaired) electrons. The van der Waals surface area contributed by atoms with Crippen LogP contribution in [-0.4, -0.2) is 43.4 Å². The van der Waals surface area contributed by atoms with Gasteiger partial charge in [0.25, 0.3) is 0 Å². The van der Waals surface area contributed by atoms with Gasteiger partial charge in [-0.3, -0.25) is 0 Å². The number of fused-ring (bicyclic) bond motifs is 1. The minimum Gasteiger partial charge on any atom is -0.472 e. The predicted molar refractivity (Wildman–Crippen MR) is 92.2 cm³/mol. The number of alkyl halides is 2. The van der Waals surface area contributed by atoms with Gasteiger partial charge in [-0.2, -0.15) is 23.8 Å². The van der Waals surface area contributed by atoms with Gasteiger partial charge in [-0.15, -0.1) is 0 Å². The molecule has 1 aliphatic rings. The Hall–Kier alpha value is -2.46. The van der Waals surface area contributed by atoms with E-state index in [1.807, 2.05) is 0 Å². The van der Waals surface area contributed by atoms with Gasteiger partial charge in [-0.25, -0.2) is 4.68 Å². The van der Waals surface area contributed by atoms with Crippen LogP contribution in [0.4, 0.5) is 20.4 Å². The van der Waals surface area contributed by atoms with E-state index in [1.165, 1.54) is 12.4 Å². The van der Waals surface area contributed by atoms with Gasteiger partial charge < -0.3 is 20.4 Å². The molecule has 0 saturated carbocycles. The van der Waals surface area contributed by atoms with Crippen molar-refractivity contribution in [2.45, 2.75) is 32.0 Å². The molecular formula is C15H16ClF2N7O. The lowest BCUT2D eigenvalue weighted by Gasteiger charge is -2.14. The molecule has 138 valence electrons. The van der Waals surface area contributed by atoms with Gasteiger partial charge in [0.15, 0.2) is 0 Å². The van der Waals surface area contributed by atoms with E-state index in [2.05, 4.69) is 37.6 Å². The molecule has 0 aliphatic carbocycles. The van der Waals surface area contributed by atoms with Crippen LogP contribution in [-0.2, 0) is 0 Å². The molecule has 3 aromatic heterocycles. The number of anilines is 2. The molecular weight excluding hydrogens is 368 g/mol. The SMILES string of the molecule is C[C@H]1C[C@@H](Oc2nc(Nc3cnn(C(F)F)c3)nc3[nH]cc(Cl)c23)CN1. The number of hydrogen-bond acceptors (Lipinski definition) is 6. The molecule has 3 aromatic rings. The second-order valence-corrected chi connectivity index (χ2v) is 6.52. The lowest BCUT2D eigenvalue weighted by Crippen LogP contribution is -2.21. The summed E-state index contributed by atoms with van der Waals surface area (Å²) in [6.45, 7) is 0.0704. The highest BCUT2D eigenvalue weighted by atomic mass is 35.5. The number of ether oxygens (including phenoxy) is 1. The van der Waals surface area contributed by atoms with Crippen LogP contribution in [0.1, 0.15) is 19.9 Å². The van der Waals surface area contributed by atoms with Gasteiger partial charge in [-0.1, -0.05) is 11.6 Å². The average Bonchev–Trinajstić information content (AvgIpc) is 3.29. The zero-order chi connectivity index (χ0) is 18.3. The Kier molecular flexibility index (Phi) is 4.37. The summed E-state index contributed by atoms with van der Waals surface area (Å²) in [5.41, 5.74) is 0.826. The smallest absolute Gasteiger partial charge is 0.333 e. The average molecular weight is 384 g/mol. The molecule has 3 N–H and O–H groups in total. The number of rotatable bonds is 5. The Morgan fingerprint density at radius 2 is 2.27 bits per heavy atom. The molecule has 0 amide bonds. The minimum absolute atomic E-state index is 0.0384. The van der Waals surface area contributed by atoms with Crippen molar-refractivity contribution in [3.05, 3.63) is 23.6 Å². The predicted octanol–water partition coefficient (Wildman–Crippen LogP) is 3.08. The van der Waals surface area contributed by atoms with Crippen molar-refractivity contribution in [1.29, 1.82) is 0 Å². The maximum absolute atomic E-state index is 12.6. The standard InChI is InChI=1S/C15H16ClF2N7O/c1-7-2-9(4-19-7)26-13-11-10(16)5-20-12(11)23-15(24-13)22-8-3-21-25(6-8)14(17)18/h3,5-7,9,14,19H,2,4H2,1H3,(H2,20,22,23,24)/t7-,9+/m0/s1. The van der Waals surface area contributed by atoms with Crippen LogP contribution < -0.4 is 15.4 Å². The molecule has 2 atom stereocenters. The fraction of sp³-hybridized carbons (Fsp3) is 0.400. The normalized spacial score (nSPS) is 20.2. The van der Waals surface area contributed by atoms with Gasteiger partial charge in [0.1, 0.15) is 11.8 Å². The van der Waals surface area contributed by atoms with Gasteiger partial charge >= 0.3 is 6.55 Å². The van der Waals surface area contributed by atoms with Crippen LogP contribution in [0.3, 0.4) is 0 Å². The van der Waals surface area contributed by atoms with Crippen LogP contribution in [0.5, 0.6) is 5.88 Å². The van der Waals surface area contributed by atoms with E-state index in [-0.39, 0.29) is 12.1 Å². The monoisotopic (exact) mass is 383 g/mol. The van der Waals surface area contributed by atoms with Crippen molar-refractivity contribution in [2.24, 2.45) is 0 Å². The quantitative estimate of drug-likeness (QED) is 0.627. The lowest BCUT2D eigenvalue weighted by molar-refractivity contribution is 0.0566. The topological polar surface area (TPSA) is 92.7 Å². The van der Waals surface area contributed by atoms with Crippen LogP contribution in [0.25, 0.3) is 11.0 Å². The van der Waals surface area contributed by atoms with E-state index in [9.17, 15) is 8.78 Å². The Balaban J connectivity index is 1.64. The zero-order valence-electron chi connectivity index (χ0n) is 13.7. The zero-order valence-corrected chi connectivity index (χ0v) is 14.5. The summed E-state index contributed by atoms with van der Waals surface area (Å²) >= 11 is 6.22. The number of nitrogens with zero attached hydrogens (tertiary/aromatic N) is 4. The van der Waals surface area contributed by atoms with Gasteiger partial charge in [0.05, 0.1) is 28.5 Å². The summed E-state index contributed by atoms with van der Waals surface area (Å²) in [4.78, 5) is 11.6. The molecule has 26 heavy (non-hydrogen) atoms. The fourth-order valence-corrected chi connectivity index (χ4v) is 3.11. The molecule has 0 bridgehead atoms. The lowest BCUT2D eigenvalue weighted by atomic mass is 10.2. The number of aromatic nitrogens is 5. The van der Waals surface area contributed by atoms with Crippen LogP contribution in [0, 0.1) is 0 Å². The van der Waals surface area contributed by atoms with Crippen LogP contribution >= 0.6 is 11.6 Å². The molecule has 1 fully saturated rings. The molecule has 1 aliphatic heterocycles. The number of H-pyrrole nitrogens is 1. The number of aromatic amines is 1. The van der Waals surface area contributed by atoms with E-state index in [0.717, 1.165) is 6.42 Å². The molecule has 4 heterocycles. The van der Waals surface area contributed by atoms with Crippen molar-refractivity contribution in [3.63, 3.8) is 0 Å². The van der Waals surface area contributed by atoms with Crippen molar-refractivity contribution in [2.75, 3.05) is 11.9 Å². The molecule has 11 heteroatoms. The Morgan fingerprint density at radius 1 is 1.42 bits per heavy atom. The van der Waals surface area contributed by atoms with Gasteiger partial charge in [0.2, 0.25) is 11.8 Å². The van der Waals surface area contributed by atoms with E-state index < -0.39 is 6.55 Å². The summed E-state index contributed by atoms with van der Waals surface area (Å²) in [6, 6.07) is 0.358. The molecule has 8 nitrogen and oxygen atoms in total. The first kappa shape index (κ1) is 17.0. The summed E-state index contributed by atoms with van der Waals surface area (Å²) < 4.78 is 31.9. The Labute approximate surface area is 151 Å². The molecule has 0 aromatic carbocycles. The van der Waals surface area contributed by atoms with Crippen molar-refractivity contribution in [3.8, 4) is 5.88 Å². The first-order chi connectivity index (χ1) is 12.5. The van der Waals surface area contributed by atoms with Gasteiger partial charge in [0, 0.05) is 25.2 Å². The van der Waals surface area contributed by atoms with Crippen molar-refractivity contribution < 1.29 is 13.5 Å². The largest absolute Gasteiger partial charge is 0.472 e. The molecule has 1 saturated heterocycles. The second kappa shape index (κ2) is 6.69. The fourth-order valence-electron chi connectivity index (χ4n) is 2.88. The Morgan fingerprint density at radius 3 is 2.96 bits per heavy atom. The third-order valence-electron chi connectivity index (χ3n) is 4.10. The third-order valence-corrected chi connectivity index (χ3v) is 4.39. The number of nitrogens with one attached hydrogen (secondary N) is 3. The molecule has 0 spiro atoms.